The minimum Gasteiger partial charge on any atom is -0.493 e. The summed E-state index contributed by atoms with van der Waals surface area (Å²) < 4.78 is 11.4. The molecule has 2 amide bonds. The number of rotatable bonds is 9. The number of allylic oxidation sites excluding steroid dienone is 1. The van der Waals surface area contributed by atoms with E-state index in [-0.39, 0.29) is 24.4 Å². The van der Waals surface area contributed by atoms with Crippen LogP contribution in [0.15, 0.2) is 29.8 Å². The maximum absolute atomic E-state index is 13.9. The summed E-state index contributed by atoms with van der Waals surface area (Å²) in [7, 11) is 1.62. The first-order chi connectivity index (χ1) is 16.6. The van der Waals surface area contributed by atoms with Gasteiger partial charge in [0.1, 0.15) is 12.6 Å². The van der Waals surface area contributed by atoms with Gasteiger partial charge in [0.2, 0.25) is 5.91 Å². The van der Waals surface area contributed by atoms with E-state index in [0.717, 1.165) is 56.9 Å². The smallest absolute Gasteiger partial charge is 0.250 e. The summed E-state index contributed by atoms with van der Waals surface area (Å²) in [5.74, 6) is 1.38. The molecule has 2 fully saturated rings. The molecule has 34 heavy (non-hydrogen) atoms. The van der Waals surface area contributed by atoms with E-state index < -0.39 is 6.04 Å². The standard InChI is InChI=1S/C28H40N2O4/c1-3-18-34-24-15-14-22(19-25(24)33-2)27-28(32)30(23-12-8-5-9-13-23)20-26(31)29(27)17-16-21-10-6-4-7-11-21/h10,14-15,19,23,27H,3-9,11-13,16-18,20H2,1-2H3. The van der Waals surface area contributed by atoms with Crippen molar-refractivity contribution in [2.24, 2.45) is 0 Å². The second-order valence-corrected chi connectivity index (χ2v) is 9.86. The molecule has 4 rings (SSSR count). The lowest BCUT2D eigenvalue weighted by Crippen LogP contribution is -2.58. The van der Waals surface area contributed by atoms with Gasteiger partial charge in [-0.25, -0.2) is 0 Å². The van der Waals surface area contributed by atoms with Gasteiger partial charge in [-0.2, -0.15) is 0 Å². The molecule has 1 saturated carbocycles. The Balaban J connectivity index is 1.62. The summed E-state index contributed by atoms with van der Waals surface area (Å²) in [5, 5.41) is 0. The van der Waals surface area contributed by atoms with Crippen LogP contribution in [0.5, 0.6) is 11.5 Å². The first kappa shape index (κ1) is 24.6. The highest BCUT2D eigenvalue weighted by Gasteiger charge is 2.43. The Morgan fingerprint density at radius 1 is 1.03 bits per heavy atom. The lowest BCUT2D eigenvalue weighted by molar-refractivity contribution is -0.159. The number of hydrogen-bond acceptors (Lipinski definition) is 4. The summed E-state index contributed by atoms with van der Waals surface area (Å²) >= 11 is 0. The van der Waals surface area contributed by atoms with Crippen LogP contribution in [0, 0.1) is 0 Å². The van der Waals surface area contributed by atoms with Gasteiger partial charge in [0.05, 0.1) is 13.7 Å². The van der Waals surface area contributed by atoms with E-state index in [1.165, 1.54) is 24.8 Å². The molecule has 186 valence electrons. The van der Waals surface area contributed by atoms with Gasteiger partial charge in [0, 0.05) is 12.6 Å². The molecule has 1 unspecified atom stereocenters. The molecule has 1 aliphatic heterocycles. The normalized spacial score (nSPS) is 22.1. The molecule has 1 aromatic rings. The molecule has 3 aliphatic rings. The predicted octanol–water partition coefficient (Wildman–Crippen LogP) is 5.42. The first-order valence-corrected chi connectivity index (χ1v) is 13.2. The molecule has 6 heteroatoms. The molecule has 0 N–H and O–H groups in total. The molecule has 0 radical (unpaired) electrons. The number of carbonyl (C=O) groups excluding carboxylic acids is 2. The highest BCUT2D eigenvalue weighted by molar-refractivity contribution is 5.96. The number of benzene rings is 1. The number of nitrogens with zero attached hydrogens (tertiary/aromatic N) is 2. The highest BCUT2D eigenvalue weighted by atomic mass is 16.5. The Hall–Kier alpha value is -2.50. The second-order valence-electron chi connectivity index (χ2n) is 9.86. The maximum Gasteiger partial charge on any atom is 0.250 e. The fourth-order valence-electron chi connectivity index (χ4n) is 5.61. The van der Waals surface area contributed by atoms with E-state index in [1.54, 1.807) is 7.11 Å². The molecule has 0 spiro atoms. The largest absolute Gasteiger partial charge is 0.493 e. The van der Waals surface area contributed by atoms with Gasteiger partial charge in [-0.05, 0) is 69.1 Å². The van der Waals surface area contributed by atoms with Crippen molar-refractivity contribution in [3.63, 3.8) is 0 Å². The molecule has 6 nitrogen and oxygen atoms in total. The number of amides is 2. The van der Waals surface area contributed by atoms with E-state index in [0.29, 0.717) is 24.7 Å². The summed E-state index contributed by atoms with van der Waals surface area (Å²) in [4.78, 5) is 31.1. The Morgan fingerprint density at radius 2 is 1.85 bits per heavy atom. The SMILES string of the molecule is CCCOc1ccc(C2C(=O)N(C3CCCCC3)CC(=O)N2CCC2=CCCCC2)cc1OC. The fourth-order valence-corrected chi connectivity index (χ4v) is 5.61. The second kappa shape index (κ2) is 11.8. The first-order valence-electron chi connectivity index (χ1n) is 13.2. The zero-order valence-electron chi connectivity index (χ0n) is 20.9. The third kappa shape index (κ3) is 5.59. The molecular weight excluding hydrogens is 428 g/mol. The Labute approximate surface area is 204 Å². The number of methoxy groups -OCH3 is 1. The zero-order chi connectivity index (χ0) is 23.9. The van der Waals surface area contributed by atoms with Gasteiger partial charge in [-0.1, -0.05) is 43.9 Å². The molecule has 1 atom stereocenters. The van der Waals surface area contributed by atoms with Crippen molar-refractivity contribution in [1.82, 2.24) is 9.80 Å². The maximum atomic E-state index is 13.9. The van der Waals surface area contributed by atoms with Crippen molar-refractivity contribution in [3.05, 3.63) is 35.4 Å². The van der Waals surface area contributed by atoms with E-state index >= 15 is 0 Å². The van der Waals surface area contributed by atoms with Gasteiger partial charge in [0.25, 0.3) is 5.91 Å². The van der Waals surface area contributed by atoms with E-state index in [1.807, 2.05) is 28.0 Å². The number of ether oxygens (including phenoxy) is 2. The topological polar surface area (TPSA) is 59.1 Å². The Bertz CT molecular complexity index is 890. The van der Waals surface area contributed by atoms with E-state index in [9.17, 15) is 9.59 Å². The van der Waals surface area contributed by atoms with Crippen LogP contribution >= 0.6 is 0 Å². The monoisotopic (exact) mass is 468 g/mol. The van der Waals surface area contributed by atoms with Crippen LogP contribution in [0.25, 0.3) is 0 Å². The van der Waals surface area contributed by atoms with Gasteiger partial charge < -0.3 is 19.3 Å². The van der Waals surface area contributed by atoms with Gasteiger partial charge >= 0.3 is 0 Å². The van der Waals surface area contributed by atoms with Crippen molar-refractivity contribution in [3.8, 4) is 11.5 Å². The predicted molar refractivity (Wildman–Crippen MR) is 133 cm³/mol. The molecule has 0 aromatic heterocycles. The minimum absolute atomic E-state index is 0.0494. The van der Waals surface area contributed by atoms with Gasteiger partial charge in [-0.15, -0.1) is 0 Å². The van der Waals surface area contributed by atoms with Gasteiger partial charge in [-0.3, -0.25) is 9.59 Å². The van der Waals surface area contributed by atoms with Crippen molar-refractivity contribution in [2.75, 3.05) is 26.8 Å². The summed E-state index contributed by atoms with van der Waals surface area (Å²) in [6, 6.07) is 5.26. The summed E-state index contributed by atoms with van der Waals surface area (Å²) in [6.45, 7) is 3.45. The molecule has 2 aliphatic carbocycles. The van der Waals surface area contributed by atoms with Crippen molar-refractivity contribution in [1.29, 1.82) is 0 Å². The molecule has 1 heterocycles. The quantitative estimate of drug-likeness (QED) is 0.454. The summed E-state index contributed by atoms with van der Waals surface area (Å²) in [5.41, 5.74) is 2.22. The lowest BCUT2D eigenvalue weighted by Gasteiger charge is -2.44. The molecule has 1 saturated heterocycles. The van der Waals surface area contributed by atoms with E-state index in [4.69, 9.17) is 9.47 Å². The van der Waals surface area contributed by atoms with Crippen molar-refractivity contribution < 1.29 is 19.1 Å². The lowest BCUT2D eigenvalue weighted by atomic mass is 9.91. The Morgan fingerprint density at radius 3 is 2.56 bits per heavy atom. The molecule has 0 bridgehead atoms. The average Bonchev–Trinajstić information content (AvgIpc) is 2.88. The van der Waals surface area contributed by atoms with Crippen LogP contribution in [0.2, 0.25) is 0 Å². The number of piperazine rings is 1. The molecular formula is C28H40N2O4. The van der Waals surface area contributed by atoms with Crippen LogP contribution in [-0.4, -0.2) is 54.5 Å². The number of carbonyl (C=O) groups is 2. The average molecular weight is 469 g/mol. The third-order valence-electron chi connectivity index (χ3n) is 7.49. The van der Waals surface area contributed by atoms with Crippen LogP contribution in [0.1, 0.15) is 89.2 Å². The summed E-state index contributed by atoms with van der Waals surface area (Å²) in [6.07, 6.45) is 14.2. The van der Waals surface area contributed by atoms with Crippen LogP contribution in [-0.2, 0) is 9.59 Å². The fraction of sp³-hybridized carbons (Fsp3) is 0.643. The van der Waals surface area contributed by atoms with Gasteiger partial charge in [0.15, 0.2) is 11.5 Å². The minimum atomic E-state index is -0.610. The highest BCUT2D eigenvalue weighted by Crippen LogP contribution is 2.37. The van der Waals surface area contributed by atoms with Crippen LogP contribution in [0.3, 0.4) is 0 Å². The van der Waals surface area contributed by atoms with Crippen LogP contribution in [0.4, 0.5) is 0 Å². The van der Waals surface area contributed by atoms with E-state index in [2.05, 4.69) is 13.0 Å². The number of hydrogen-bond donors (Lipinski definition) is 0. The van der Waals surface area contributed by atoms with Crippen LogP contribution < -0.4 is 9.47 Å². The zero-order valence-corrected chi connectivity index (χ0v) is 20.9. The van der Waals surface area contributed by atoms with Crippen molar-refractivity contribution in [2.45, 2.75) is 89.6 Å². The Kier molecular flexibility index (Phi) is 8.52. The molecule has 1 aromatic carbocycles. The van der Waals surface area contributed by atoms with Crippen molar-refractivity contribution >= 4 is 11.8 Å². The third-order valence-corrected chi connectivity index (χ3v) is 7.49.